The van der Waals surface area contributed by atoms with E-state index < -0.39 is 0 Å². The van der Waals surface area contributed by atoms with Gasteiger partial charge < -0.3 is 10.6 Å². The van der Waals surface area contributed by atoms with Gasteiger partial charge in [-0.25, -0.2) is 4.98 Å². The minimum absolute atomic E-state index is 0. The average Bonchev–Trinajstić information content (AvgIpc) is 2.86. The Balaban J connectivity index is 0.00000400. The van der Waals surface area contributed by atoms with Gasteiger partial charge in [0.2, 0.25) is 0 Å². The Hall–Kier alpha value is -0.370. The van der Waals surface area contributed by atoms with Gasteiger partial charge in [0.05, 0.1) is 10.7 Å². The fourth-order valence-corrected chi connectivity index (χ4v) is 2.61. The van der Waals surface area contributed by atoms with Crippen LogP contribution in [-0.4, -0.2) is 30.6 Å². The first-order valence-electron chi connectivity index (χ1n) is 7.29. The van der Waals surface area contributed by atoms with Crippen molar-refractivity contribution >= 4 is 41.3 Å². The number of aromatic nitrogens is 1. The Morgan fingerprint density at radius 3 is 2.57 bits per heavy atom. The van der Waals surface area contributed by atoms with Crippen molar-refractivity contribution in [2.24, 2.45) is 4.99 Å². The van der Waals surface area contributed by atoms with Crippen molar-refractivity contribution < 1.29 is 0 Å². The Morgan fingerprint density at radius 1 is 1.43 bits per heavy atom. The lowest BCUT2D eigenvalue weighted by Gasteiger charge is -2.16. The molecule has 2 N–H and O–H groups in total. The van der Waals surface area contributed by atoms with Crippen molar-refractivity contribution in [3.05, 3.63) is 16.1 Å². The number of thiazole rings is 1. The van der Waals surface area contributed by atoms with Crippen molar-refractivity contribution in [2.45, 2.75) is 58.9 Å². The number of nitrogens with zero attached hydrogens (tertiary/aromatic N) is 2. The second-order valence-electron chi connectivity index (χ2n) is 6.08. The molecule has 0 fully saturated rings. The minimum Gasteiger partial charge on any atom is -0.356 e. The summed E-state index contributed by atoms with van der Waals surface area (Å²) in [6, 6.07) is 0.438. The van der Waals surface area contributed by atoms with Crippen molar-refractivity contribution in [3.8, 4) is 0 Å². The summed E-state index contributed by atoms with van der Waals surface area (Å²) < 4.78 is 0. The number of guanidine groups is 1. The molecular weight excluding hydrogens is 395 g/mol. The lowest BCUT2D eigenvalue weighted by Crippen LogP contribution is -2.42. The first-order valence-corrected chi connectivity index (χ1v) is 8.16. The molecule has 6 heteroatoms. The quantitative estimate of drug-likeness (QED) is 0.432. The largest absolute Gasteiger partial charge is 0.356 e. The van der Waals surface area contributed by atoms with E-state index in [0.717, 1.165) is 25.3 Å². The summed E-state index contributed by atoms with van der Waals surface area (Å²) in [6.45, 7) is 11.8. The van der Waals surface area contributed by atoms with Crippen LogP contribution < -0.4 is 10.6 Å². The van der Waals surface area contributed by atoms with Crippen LogP contribution in [0.3, 0.4) is 0 Å². The molecule has 0 aliphatic heterocycles. The maximum Gasteiger partial charge on any atom is 0.191 e. The highest BCUT2D eigenvalue weighted by Gasteiger charge is 2.17. The maximum atomic E-state index is 4.70. The Labute approximate surface area is 150 Å². The molecule has 0 bridgehead atoms. The highest BCUT2D eigenvalue weighted by atomic mass is 127. The zero-order valence-corrected chi connectivity index (χ0v) is 17.1. The molecule has 0 saturated carbocycles. The number of nitrogens with one attached hydrogen (secondary N) is 2. The van der Waals surface area contributed by atoms with Crippen LogP contribution in [0.5, 0.6) is 0 Å². The lowest BCUT2D eigenvalue weighted by atomic mass is 9.93. The second kappa shape index (κ2) is 9.61. The van der Waals surface area contributed by atoms with Gasteiger partial charge in [-0.15, -0.1) is 35.3 Å². The van der Waals surface area contributed by atoms with E-state index in [4.69, 9.17) is 4.98 Å². The molecule has 0 amide bonds. The molecule has 1 heterocycles. The zero-order valence-electron chi connectivity index (χ0n) is 14.0. The zero-order chi connectivity index (χ0) is 15.2. The fraction of sp³-hybridized carbons (Fsp3) is 0.733. The van der Waals surface area contributed by atoms with E-state index in [1.807, 2.05) is 0 Å². The molecule has 0 radical (unpaired) electrons. The fourth-order valence-electron chi connectivity index (χ4n) is 1.59. The van der Waals surface area contributed by atoms with E-state index in [0.29, 0.717) is 6.04 Å². The molecule has 4 nitrogen and oxygen atoms in total. The molecule has 1 rings (SSSR count). The van der Waals surface area contributed by atoms with Crippen molar-refractivity contribution in [2.75, 3.05) is 13.6 Å². The van der Waals surface area contributed by atoms with Crippen molar-refractivity contribution in [3.63, 3.8) is 0 Å². The van der Waals surface area contributed by atoms with Gasteiger partial charge >= 0.3 is 0 Å². The van der Waals surface area contributed by atoms with Crippen LogP contribution in [0, 0.1) is 0 Å². The smallest absolute Gasteiger partial charge is 0.191 e. The molecule has 0 spiro atoms. The van der Waals surface area contributed by atoms with Gasteiger partial charge in [-0.2, -0.15) is 0 Å². The molecule has 0 saturated heterocycles. The molecule has 21 heavy (non-hydrogen) atoms. The molecule has 1 aromatic heterocycles. The van der Waals surface area contributed by atoms with Gasteiger partial charge in [0.1, 0.15) is 0 Å². The monoisotopic (exact) mass is 424 g/mol. The average molecular weight is 424 g/mol. The topological polar surface area (TPSA) is 49.3 Å². The van der Waals surface area contributed by atoms with Gasteiger partial charge in [0, 0.05) is 36.9 Å². The molecule has 0 aromatic carbocycles. The molecule has 1 unspecified atom stereocenters. The lowest BCUT2D eigenvalue weighted by molar-refractivity contribution is 0.570. The first-order chi connectivity index (χ1) is 9.36. The number of halogens is 1. The molecule has 1 aromatic rings. The maximum absolute atomic E-state index is 4.70. The Kier molecular flexibility index (Phi) is 9.44. The van der Waals surface area contributed by atoms with E-state index in [1.54, 1.807) is 18.4 Å². The van der Waals surface area contributed by atoms with Crippen LogP contribution in [-0.2, 0) is 11.8 Å². The summed E-state index contributed by atoms with van der Waals surface area (Å²) in [5.74, 6) is 0.868. The van der Waals surface area contributed by atoms with Crippen LogP contribution in [0.4, 0.5) is 0 Å². The van der Waals surface area contributed by atoms with E-state index in [1.165, 1.54) is 10.7 Å². The van der Waals surface area contributed by atoms with Gasteiger partial charge in [0.15, 0.2) is 5.96 Å². The summed E-state index contributed by atoms with van der Waals surface area (Å²) in [4.78, 5) is 8.93. The van der Waals surface area contributed by atoms with E-state index in [9.17, 15) is 0 Å². The van der Waals surface area contributed by atoms with Crippen molar-refractivity contribution in [1.29, 1.82) is 0 Å². The van der Waals surface area contributed by atoms with Gasteiger partial charge in [-0.1, -0.05) is 27.7 Å². The highest BCUT2D eigenvalue weighted by Crippen LogP contribution is 2.23. The summed E-state index contributed by atoms with van der Waals surface area (Å²) in [5.41, 5.74) is 1.32. The molecule has 1 atom stereocenters. The molecule has 0 aliphatic carbocycles. The van der Waals surface area contributed by atoms with Gasteiger partial charge in [-0.05, 0) is 13.3 Å². The van der Waals surface area contributed by atoms with Gasteiger partial charge in [0.25, 0.3) is 0 Å². The number of aliphatic imine (C=N–C) groups is 1. The number of rotatable bonds is 5. The van der Waals surface area contributed by atoms with Crippen LogP contribution in [0.2, 0.25) is 0 Å². The summed E-state index contributed by atoms with van der Waals surface area (Å²) in [7, 11) is 1.80. The Morgan fingerprint density at radius 2 is 2.10 bits per heavy atom. The second-order valence-corrected chi connectivity index (χ2v) is 7.02. The van der Waals surface area contributed by atoms with Crippen LogP contribution in [0.25, 0.3) is 0 Å². The van der Waals surface area contributed by atoms with Crippen molar-refractivity contribution in [1.82, 2.24) is 15.6 Å². The van der Waals surface area contributed by atoms with Crippen LogP contribution >= 0.6 is 35.3 Å². The summed E-state index contributed by atoms with van der Waals surface area (Å²) >= 11 is 1.74. The predicted molar refractivity (Wildman–Crippen MR) is 104 cm³/mol. The SMILES string of the molecule is CCC(C)NC(=NC)NCCc1nc(C(C)(C)C)cs1.I. The number of hydrogen-bond acceptors (Lipinski definition) is 3. The summed E-state index contributed by atoms with van der Waals surface area (Å²) in [5, 5.41) is 10.0. The predicted octanol–water partition coefficient (Wildman–Crippen LogP) is 3.56. The van der Waals surface area contributed by atoms with Crippen LogP contribution in [0.1, 0.15) is 51.7 Å². The summed E-state index contributed by atoms with van der Waals surface area (Å²) in [6.07, 6.45) is 2.02. The standard InChI is InChI=1S/C15H28N4S.HI/c1-7-11(2)18-14(16-6)17-9-8-13-19-12(10-20-13)15(3,4)5;/h10-11H,7-9H2,1-6H3,(H2,16,17,18);1H. The minimum atomic E-state index is 0. The third kappa shape index (κ3) is 7.44. The van der Waals surface area contributed by atoms with E-state index >= 15 is 0 Å². The van der Waals surface area contributed by atoms with Gasteiger partial charge in [-0.3, -0.25) is 4.99 Å². The molecular formula is C15H29IN4S. The van der Waals surface area contributed by atoms with Crippen LogP contribution in [0.15, 0.2) is 10.4 Å². The number of hydrogen-bond donors (Lipinski definition) is 2. The first kappa shape index (κ1) is 20.6. The third-order valence-electron chi connectivity index (χ3n) is 3.17. The van der Waals surface area contributed by atoms with E-state index in [-0.39, 0.29) is 29.4 Å². The molecule has 0 aliphatic rings. The van der Waals surface area contributed by atoms with E-state index in [2.05, 4.69) is 55.6 Å². The Bertz CT molecular complexity index is 437. The normalized spacial score (nSPS) is 13.5. The highest BCUT2D eigenvalue weighted by molar-refractivity contribution is 14.0. The third-order valence-corrected chi connectivity index (χ3v) is 4.08. The molecule has 122 valence electrons.